The molecule has 7 saturated heterocycles. The first-order chi connectivity index (χ1) is 50.7. The first kappa shape index (κ1) is 82.1. The Morgan fingerprint density at radius 3 is 0.887 bits per heavy atom. The van der Waals surface area contributed by atoms with Gasteiger partial charge in [-0.05, 0) is 0 Å². The Balaban J connectivity index is 0.813. The second-order valence-electron chi connectivity index (χ2n) is 26.5. The molecule has 48 heteroatoms. The number of rotatable bonds is 31. The van der Waals surface area contributed by atoms with E-state index in [-0.39, 0.29) is 74.9 Å². The molecule has 0 unspecified atom stereocenters. The van der Waals surface area contributed by atoms with Crippen LogP contribution in [0, 0.1) is 0 Å². The fraction of sp³-hybridized carbons (Fsp3) is 0.862. The minimum absolute atomic E-state index is 0.00587. The molecule has 106 heavy (non-hydrogen) atoms. The van der Waals surface area contributed by atoms with E-state index in [9.17, 15) is 117 Å². The maximum absolute atomic E-state index is 12.3. The highest BCUT2D eigenvalue weighted by molar-refractivity contribution is 5.03. The van der Waals surface area contributed by atoms with Crippen molar-refractivity contribution in [1.29, 1.82) is 0 Å². The summed E-state index contributed by atoms with van der Waals surface area (Å²) in [6.07, 6.45) is -54.4. The second-order valence-corrected chi connectivity index (χ2v) is 26.5. The summed E-state index contributed by atoms with van der Waals surface area (Å²) in [5.41, 5.74) is 0.855. The van der Waals surface area contributed by atoms with Gasteiger partial charge in [0.15, 0.2) is 44.0 Å². The van der Waals surface area contributed by atoms with Gasteiger partial charge < -0.3 is 179 Å². The SMILES string of the molecule is OC[C@H]1O[C@H](OCCc2cn(C[C@H]3O[C@H](O[C@H]4[C@H](O)[C@@H](O)[C@@H](O[C@H]5[C@H](O)[C@@H](O)[C@@H](n6cc(CCO[C@H]7O[C@H](CO)[C@@H](O)[C@H](O)[C@@H]7O)nn6)O[C@@H]5Cn5cc(CCO[C@H]6O[C@H](CO)[C@@H](O)[C@H](O)[C@@H]6O)nn5)O[C@@H]4Cn4cc(CCO[C@H]5O[C@H](CO)[C@@H](O)[C@H](O)[C@@H]5O)nn4)[C@H](O)[C@@H](O)[C@@H]3O)nn2)[C@@H](O)[C@@H](O)[C@@H]1O. The zero-order chi connectivity index (χ0) is 76.1. The van der Waals surface area contributed by atoms with E-state index in [1.165, 1.54) is 38.8 Å². The second kappa shape index (κ2) is 36.5. The molecule has 4 aromatic rings. The van der Waals surface area contributed by atoms with Crippen molar-refractivity contribution in [2.75, 3.05) is 52.9 Å². The minimum Gasteiger partial charge on any atom is -0.394 e. The summed E-state index contributed by atoms with van der Waals surface area (Å²) in [6, 6.07) is 0. The molecule has 23 N–H and O–H groups in total. The van der Waals surface area contributed by atoms with E-state index in [2.05, 4.69) is 41.2 Å². The van der Waals surface area contributed by atoms with Crippen molar-refractivity contribution in [3.05, 3.63) is 47.6 Å². The quantitative estimate of drug-likeness (QED) is 0.0222. The van der Waals surface area contributed by atoms with Crippen molar-refractivity contribution < 1.29 is 179 Å². The van der Waals surface area contributed by atoms with Crippen LogP contribution < -0.4 is 0 Å². The molecule has 4 aromatic heterocycles. The number of aromatic nitrogens is 12. The molecule has 600 valence electrons. The van der Waals surface area contributed by atoms with Gasteiger partial charge in [-0.2, -0.15) is 0 Å². The number of nitrogens with zero attached hydrogens (tertiary/aromatic N) is 12. The van der Waals surface area contributed by atoms with Crippen molar-refractivity contribution >= 4 is 0 Å². The Morgan fingerprint density at radius 1 is 0.274 bits per heavy atom. The van der Waals surface area contributed by atoms with Crippen LogP contribution in [0.15, 0.2) is 24.8 Å². The molecule has 0 aromatic carbocycles. The van der Waals surface area contributed by atoms with Crippen LogP contribution in [-0.2, 0) is 107 Å². The zero-order valence-corrected chi connectivity index (χ0v) is 56.1. The summed E-state index contributed by atoms with van der Waals surface area (Å²) in [6.45, 7) is -5.11. The lowest BCUT2D eigenvalue weighted by Crippen LogP contribution is -2.66. The maximum Gasteiger partial charge on any atom is 0.187 e. The fourth-order valence-corrected chi connectivity index (χ4v) is 12.9. The normalized spacial score (nSPS) is 42.5. The highest BCUT2D eigenvalue weighted by atomic mass is 16.8. The van der Waals surface area contributed by atoms with E-state index in [1.54, 1.807) is 0 Å². The van der Waals surface area contributed by atoms with Crippen molar-refractivity contribution in [2.45, 2.75) is 260 Å². The molecule has 0 saturated carbocycles. The molecule has 7 fully saturated rings. The Labute approximate surface area is 598 Å². The molecular weight excluding hydrogens is 1440 g/mol. The molecule has 7 aliphatic heterocycles. The van der Waals surface area contributed by atoms with Gasteiger partial charge >= 0.3 is 0 Å². The smallest absolute Gasteiger partial charge is 0.187 e. The Bertz CT molecular complexity index is 3310. The van der Waals surface area contributed by atoms with Gasteiger partial charge in [-0.1, -0.05) is 20.9 Å². The lowest BCUT2D eigenvalue weighted by Gasteiger charge is -2.48. The van der Waals surface area contributed by atoms with Crippen LogP contribution >= 0.6 is 0 Å². The van der Waals surface area contributed by atoms with Crippen LogP contribution in [0.3, 0.4) is 0 Å². The van der Waals surface area contributed by atoms with Crippen LogP contribution in [0.1, 0.15) is 29.0 Å². The molecular formula is C58H92N12O36. The molecule has 0 aliphatic carbocycles. The molecule has 48 nitrogen and oxygen atoms in total. The molecule has 11 rings (SSSR count). The Hall–Kier alpha value is -4.88. The zero-order valence-electron chi connectivity index (χ0n) is 56.1. The molecule has 0 radical (unpaired) electrons. The van der Waals surface area contributed by atoms with Crippen molar-refractivity contribution in [2.24, 2.45) is 0 Å². The molecule has 11 heterocycles. The number of hydrogen-bond acceptors (Lipinski definition) is 44. The third kappa shape index (κ3) is 18.5. The van der Waals surface area contributed by atoms with Gasteiger partial charge in [0.05, 0.1) is 101 Å². The molecule has 0 spiro atoms. The maximum atomic E-state index is 12.3. The highest BCUT2D eigenvalue weighted by Crippen LogP contribution is 2.37. The number of aliphatic hydroxyl groups excluding tert-OH is 23. The topological polar surface area (TPSA) is 708 Å². The van der Waals surface area contributed by atoms with Gasteiger partial charge in [0.25, 0.3) is 0 Å². The average Bonchev–Trinajstić information content (AvgIpc) is 1.29. The average molecular weight is 1530 g/mol. The predicted octanol–water partition coefficient (Wildman–Crippen LogP) is -16.8. The Kier molecular flexibility index (Phi) is 28.3. The summed E-state index contributed by atoms with van der Waals surface area (Å²) in [5, 5.41) is 278. The largest absolute Gasteiger partial charge is 0.394 e. The van der Waals surface area contributed by atoms with Crippen LogP contribution in [0.4, 0.5) is 0 Å². The van der Waals surface area contributed by atoms with Crippen LogP contribution in [0.2, 0.25) is 0 Å². The molecule has 0 bridgehead atoms. The molecule has 0 amide bonds. The third-order valence-electron chi connectivity index (χ3n) is 19.2. The van der Waals surface area contributed by atoms with Crippen LogP contribution in [0.5, 0.6) is 0 Å². The van der Waals surface area contributed by atoms with Crippen molar-refractivity contribution in [1.82, 2.24) is 60.0 Å². The van der Waals surface area contributed by atoms with Crippen molar-refractivity contribution in [3.8, 4) is 0 Å². The van der Waals surface area contributed by atoms with Gasteiger partial charge in [-0.25, -0.2) is 18.7 Å². The van der Waals surface area contributed by atoms with Gasteiger partial charge in [0.1, 0.15) is 171 Å². The molecule has 35 atom stereocenters. The summed E-state index contributed by atoms with van der Waals surface area (Å²) in [4.78, 5) is 0. The predicted molar refractivity (Wildman–Crippen MR) is 327 cm³/mol. The van der Waals surface area contributed by atoms with E-state index in [1.807, 2.05) is 0 Å². The number of aliphatic hydroxyl groups is 23. The van der Waals surface area contributed by atoms with Gasteiger partial charge in [0.2, 0.25) is 0 Å². The van der Waals surface area contributed by atoms with Crippen LogP contribution in [0.25, 0.3) is 0 Å². The third-order valence-corrected chi connectivity index (χ3v) is 19.2. The summed E-state index contributed by atoms with van der Waals surface area (Å²) < 4.78 is 80.2. The van der Waals surface area contributed by atoms with Gasteiger partial charge in [-0.15, -0.1) is 20.4 Å². The van der Waals surface area contributed by atoms with E-state index >= 15 is 0 Å². The summed E-state index contributed by atoms with van der Waals surface area (Å²) >= 11 is 0. The van der Waals surface area contributed by atoms with Gasteiger partial charge in [0, 0.05) is 44.3 Å². The summed E-state index contributed by atoms with van der Waals surface area (Å²) in [5.74, 6) is 0. The molecule has 7 aliphatic rings. The highest BCUT2D eigenvalue weighted by Gasteiger charge is 2.56. The number of ether oxygens (including phenoxy) is 13. The monoisotopic (exact) mass is 1530 g/mol. The lowest BCUT2D eigenvalue weighted by molar-refractivity contribution is -0.373. The number of hydrogen-bond donors (Lipinski definition) is 23. The Morgan fingerprint density at radius 2 is 0.538 bits per heavy atom. The lowest BCUT2D eigenvalue weighted by atomic mass is 9.95. The van der Waals surface area contributed by atoms with Crippen LogP contribution in [-0.4, -0.2) is 439 Å². The minimum atomic E-state index is -2.22. The van der Waals surface area contributed by atoms with Gasteiger partial charge in [-0.3, -0.25) is 0 Å². The van der Waals surface area contributed by atoms with E-state index in [0.717, 1.165) is 4.68 Å². The summed E-state index contributed by atoms with van der Waals surface area (Å²) in [7, 11) is 0. The van der Waals surface area contributed by atoms with Crippen molar-refractivity contribution in [3.63, 3.8) is 0 Å². The van der Waals surface area contributed by atoms with E-state index in [4.69, 9.17) is 61.6 Å². The fourth-order valence-electron chi connectivity index (χ4n) is 12.9. The van der Waals surface area contributed by atoms with E-state index < -0.39 is 261 Å². The first-order valence-corrected chi connectivity index (χ1v) is 34.0. The van der Waals surface area contributed by atoms with E-state index in [0.29, 0.717) is 0 Å². The first-order valence-electron chi connectivity index (χ1n) is 34.0. The standard InChI is InChI=1S/C58H92N12O36/c71-16-27-32(76)37(81)44(88)53(101-27)94-5-1-20-9-67(63-59-20)13-24-31(75)36(80)48(92)57(99-24)106-51-26(15-69-11-22(61-65-69)3-7-96-55-46(90)39(83)34(78)29(18-73)103-55)100-58(49(93)42(51)86)105-50-25(14-68-10-21(60-64-68)2-6-95-54-45(89)38(82)33(77)28(17-72)102-54)98-52(43(87)41(50)85)70-12-23(62-66-70)4-8-97-56-47(91)40(84)35(79)30(19-74)104-56/h9-12,24-58,71-93H,1-8,13-19H2/t24-,25-,26-,27-,28-,29-,30-,31-,32-,33-,34-,35-,36+,37+,38+,39+,40+,41-,42-,43-,44+,45+,46+,47+,48-,49-,50-,51-,52+,53+,54+,55+,56+,57-,58-/m1/s1.